The van der Waals surface area contributed by atoms with Crippen molar-refractivity contribution < 1.29 is 60.8 Å². The normalized spacial score (nSPS) is 22.3. The molecule has 0 bridgehead atoms. The minimum Gasteiger partial charge on any atom is -0.463 e. The molecule has 3 heterocycles. The second-order valence-corrected chi connectivity index (χ2v) is 10.4. The quantitative estimate of drug-likeness (QED) is 0.285. The summed E-state index contributed by atoms with van der Waals surface area (Å²) in [5.74, 6) is -3.80. The van der Waals surface area contributed by atoms with Gasteiger partial charge in [0.2, 0.25) is 18.3 Å². The first-order chi connectivity index (χ1) is 19.6. The minimum atomic E-state index is -4.81. The number of rotatable bonds is 10. The number of carbonyl (C=O) groups is 4. The lowest BCUT2D eigenvalue weighted by molar-refractivity contribution is -0.289. The lowest BCUT2D eigenvalue weighted by atomic mass is 9.98. The first-order valence-corrected chi connectivity index (χ1v) is 13.7. The number of aryl methyl sites for hydroxylation is 2. The predicted molar refractivity (Wildman–Crippen MR) is 137 cm³/mol. The molecule has 12 nitrogen and oxygen atoms in total. The van der Waals surface area contributed by atoms with Gasteiger partial charge in [0.25, 0.3) is 0 Å². The number of halogens is 3. The van der Waals surface area contributed by atoms with Crippen LogP contribution in [0.5, 0.6) is 5.88 Å². The van der Waals surface area contributed by atoms with Crippen molar-refractivity contribution in [2.24, 2.45) is 0 Å². The number of alkyl halides is 3. The first-order valence-electron chi connectivity index (χ1n) is 12.8. The summed E-state index contributed by atoms with van der Waals surface area (Å²) in [6.45, 7) is 6.83. The van der Waals surface area contributed by atoms with Gasteiger partial charge >= 0.3 is 30.1 Å². The molecule has 3 rings (SSSR count). The van der Waals surface area contributed by atoms with E-state index < -0.39 is 78.9 Å². The summed E-state index contributed by atoms with van der Waals surface area (Å²) >= 11 is 1.25. The Kier molecular flexibility index (Phi) is 10.6. The summed E-state index contributed by atoms with van der Waals surface area (Å²) < 4.78 is 76.4. The highest BCUT2D eigenvalue weighted by molar-refractivity contribution is 7.10. The summed E-state index contributed by atoms with van der Waals surface area (Å²) in [6, 6.07) is 1.73. The predicted octanol–water partition coefficient (Wildman–Crippen LogP) is 3.34. The number of carbonyl (C=O) groups excluding carboxylic acids is 4. The van der Waals surface area contributed by atoms with Gasteiger partial charge in [-0.2, -0.15) is 13.2 Å². The van der Waals surface area contributed by atoms with Crippen LogP contribution in [-0.4, -0.2) is 71.0 Å². The molecule has 1 aliphatic heterocycles. The number of ether oxygens (including phenoxy) is 6. The molecular formula is C26H31F3N2O10S. The fourth-order valence-electron chi connectivity index (χ4n) is 4.43. The number of hydrogen-bond donors (Lipinski definition) is 0. The Labute approximate surface area is 242 Å². The molecule has 1 fully saturated rings. The number of nitrogens with zero attached hydrogens (tertiary/aromatic N) is 2. The molecule has 0 aliphatic carbocycles. The Balaban J connectivity index is 2.14. The van der Waals surface area contributed by atoms with E-state index in [4.69, 9.17) is 28.4 Å². The molecule has 0 N–H and O–H groups in total. The van der Waals surface area contributed by atoms with Crippen molar-refractivity contribution in [3.63, 3.8) is 0 Å². The maximum atomic E-state index is 14.3. The summed E-state index contributed by atoms with van der Waals surface area (Å²) in [7, 11) is 0. The summed E-state index contributed by atoms with van der Waals surface area (Å²) in [4.78, 5) is 48.2. The molecule has 1 saturated heterocycles. The standard InChI is InChI=1S/C26H31F3N2O10S/c1-7-31-23(26(27,28)29)18(9-17-8-12(2)11-42-17)24(30-31)41-25-22(39-16(6)35)21(38-15(5)34)20(37-14(4)33)19(40-25)10-36-13(3)32/h8,11,19-22,25H,7,9-10H2,1-6H3/t19-,20-,21+,22-,25+/m1/s1. The monoisotopic (exact) mass is 620 g/mol. The van der Waals surface area contributed by atoms with E-state index in [0.29, 0.717) is 4.88 Å². The molecule has 5 atom stereocenters. The topological polar surface area (TPSA) is 141 Å². The van der Waals surface area contributed by atoms with E-state index in [-0.39, 0.29) is 18.5 Å². The average molecular weight is 621 g/mol. The van der Waals surface area contributed by atoms with Gasteiger partial charge in [0.05, 0.1) is 5.56 Å². The Hall–Kier alpha value is -3.66. The molecule has 0 unspecified atom stereocenters. The zero-order valence-electron chi connectivity index (χ0n) is 23.7. The molecule has 0 radical (unpaired) electrons. The fourth-order valence-corrected chi connectivity index (χ4v) is 5.32. The van der Waals surface area contributed by atoms with Crippen LogP contribution in [0.3, 0.4) is 0 Å². The first kappa shape index (κ1) is 32.8. The van der Waals surface area contributed by atoms with Gasteiger partial charge in [-0.05, 0) is 30.9 Å². The van der Waals surface area contributed by atoms with E-state index in [1.54, 1.807) is 18.4 Å². The zero-order chi connectivity index (χ0) is 31.4. The second kappa shape index (κ2) is 13.5. The maximum absolute atomic E-state index is 14.3. The summed E-state index contributed by atoms with van der Waals surface area (Å²) in [6.07, 6.45) is -12.8. The Morgan fingerprint density at radius 1 is 0.976 bits per heavy atom. The van der Waals surface area contributed by atoms with E-state index in [0.717, 1.165) is 37.9 Å². The Morgan fingerprint density at radius 3 is 2.07 bits per heavy atom. The highest BCUT2D eigenvalue weighted by Crippen LogP contribution is 2.40. The SMILES string of the molecule is CCn1nc(O[C@@H]2O[C@H](COC(C)=O)[C@@H](OC(C)=O)[C@H](OC(C)=O)[C@H]2OC(C)=O)c(Cc2cc(C)cs2)c1C(F)(F)F. The molecule has 0 saturated carbocycles. The van der Waals surface area contributed by atoms with Crippen molar-refractivity contribution >= 4 is 35.2 Å². The van der Waals surface area contributed by atoms with Crippen LogP contribution in [0, 0.1) is 6.92 Å². The van der Waals surface area contributed by atoms with E-state index >= 15 is 0 Å². The second-order valence-electron chi connectivity index (χ2n) is 9.40. The molecule has 1 aliphatic rings. The largest absolute Gasteiger partial charge is 0.463 e. The van der Waals surface area contributed by atoms with Gasteiger partial charge in [-0.1, -0.05) is 0 Å². The third-order valence-corrected chi connectivity index (χ3v) is 6.95. The number of esters is 4. The van der Waals surface area contributed by atoms with E-state index in [2.05, 4.69) is 5.10 Å². The van der Waals surface area contributed by atoms with Gasteiger partial charge in [-0.25, -0.2) is 0 Å². The van der Waals surface area contributed by atoms with Crippen molar-refractivity contribution in [2.75, 3.05) is 6.61 Å². The summed E-state index contributed by atoms with van der Waals surface area (Å²) in [5, 5.41) is 5.82. The van der Waals surface area contributed by atoms with Crippen LogP contribution in [0.15, 0.2) is 11.4 Å². The van der Waals surface area contributed by atoms with Gasteiger partial charge in [-0.3, -0.25) is 23.9 Å². The minimum absolute atomic E-state index is 0.159. The van der Waals surface area contributed by atoms with E-state index in [1.165, 1.54) is 18.3 Å². The van der Waals surface area contributed by atoms with E-state index in [9.17, 15) is 32.3 Å². The van der Waals surface area contributed by atoms with Crippen molar-refractivity contribution in [2.45, 2.75) is 91.4 Å². The fraction of sp³-hybridized carbons (Fsp3) is 0.577. The Morgan fingerprint density at radius 2 is 1.57 bits per heavy atom. The maximum Gasteiger partial charge on any atom is 0.433 e. The molecule has 232 valence electrons. The average Bonchev–Trinajstić information content (AvgIpc) is 3.43. The Bertz CT molecular complexity index is 1310. The molecule has 0 amide bonds. The highest BCUT2D eigenvalue weighted by atomic mass is 32.1. The summed E-state index contributed by atoms with van der Waals surface area (Å²) in [5.41, 5.74) is -0.496. The van der Waals surface area contributed by atoms with Gasteiger partial charge in [-0.15, -0.1) is 16.4 Å². The van der Waals surface area contributed by atoms with Gasteiger partial charge in [0.1, 0.15) is 18.4 Å². The third kappa shape index (κ3) is 8.21. The van der Waals surface area contributed by atoms with Crippen molar-refractivity contribution in [3.8, 4) is 5.88 Å². The van der Waals surface area contributed by atoms with Crippen LogP contribution in [-0.2, 0) is 62.0 Å². The molecule has 2 aromatic heterocycles. The molecule has 16 heteroatoms. The van der Waals surface area contributed by atoms with E-state index in [1.807, 2.05) is 0 Å². The van der Waals surface area contributed by atoms with Gasteiger partial charge < -0.3 is 28.4 Å². The van der Waals surface area contributed by atoms with Crippen molar-refractivity contribution in [1.29, 1.82) is 0 Å². The number of hydrogen-bond acceptors (Lipinski definition) is 12. The van der Waals surface area contributed by atoms with Gasteiger partial charge in [0, 0.05) is 45.5 Å². The number of thiophene rings is 1. The van der Waals surface area contributed by atoms with Crippen LogP contribution in [0.2, 0.25) is 0 Å². The highest BCUT2D eigenvalue weighted by Gasteiger charge is 2.54. The van der Waals surface area contributed by atoms with Crippen molar-refractivity contribution in [1.82, 2.24) is 9.78 Å². The molecule has 2 aromatic rings. The molecule has 0 spiro atoms. The molecule has 42 heavy (non-hydrogen) atoms. The van der Waals surface area contributed by atoms with Crippen molar-refractivity contribution in [3.05, 3.63) is 33.1 Å². The smallest absolute Gasteiger partial charge is 0.433 e. The lowest BCUT2D eigenvalue weighted by Crippen LogP contribution is -2.63. The van der Waals surface area contributed by atoms with Crippen LogP contribution < -0.4 is 4.74 Å². The molecular weight excluding hydrogens is 589 g/mol. The van der Waals surface area contributed by atoms with Gasteiger partial charge in [0.15, 0.2) is 12.2 Å². The lowest BCUT2D eigenvalue weighted by Gasteiger charge is -2.43. The van der Waals surface area contributed by atoms with Crippen LogP contribution in [0.4, 0.5) is 13.2 Å². The number of aromatic nitrogens is 2. The van der Waals surface area contributed by atoms with Crippen LogP contribution in [0.1, 0.15) is 56.3 Å². The molecule has 0 aromatic carbocycles. The zero-order valence-corrected chi connectivity index (χ0v) is 24.5. The van der Waals surface area contributed by atoms with Crippen LogP contribution >= 0.6 is 11.3 Å². The van der Waals surface area contributed by atoms with Crippen LogP contribution in [0.25, 0.3) is 0 Å². The third-order valence-electron chi connectivity index (χ3n) is 5.89.